The molecule has 2 aromatic carbocycles. The van der Waals surface area contributed by atoms with E-state index in [1.807, 2.05) is 201 Å². The quantitative estimate of drug-likeness (QED) is 0.0731. The van der Waals surface area contributed by atoms with E-state index in [2.05, 4.69) is 74.9 Å². The third kappa shape index (κ3) is 38.0. The largest absolute Gasteiger partial charge is 0.460 e. The molecule has 0 aromatic heterocycles. The lowest BCUT2D eigenvalue weighted by molar-refractivity contribution is -0.577. The first kappa shape index (κ1) is 112. The summed E-state index contributed by atoms with van der Waals surface area (Å²) in [6.45, 7) is 67.8. The van der Waals surface area contributed by atoms with Crippen molar-refractivity contribution in [3.63, 3.8) is 0 Å². The summed E-state index contributed by atoms with van der Waals surface area (Å²) in [7, 11) is 0. The first-order valence-corrected chi connectivity index (χ1v) is 43.7. The molecule has 0 spiro atoms. The average Bonchev–Trinajstić information content (AvgIpc) is 1.73. The van der Waals surface area contributed by atoms with Crippen LogP contribution in [0.3, 0.4) is 0 Å². The molecule has 712 valence electrons. The van der Waals surface area contributed by atoms with Crippen LogP contribution in [0.4, 0.5) is 0 Å². The van der Waals surface area contributed by atoms with Gasteiger partial charge >= 0.3 is 5.97 Å². The minimum absolute atomic E-state index is 0.0694. The van der Waals surface area contributed by atoms with Crippen molar-refractivity contribution < 1.29 is 132 Å². The molecule has 4 unspecified atom stereocenters. The monoisotopic (exact) mass is 1750 g/mol. The lowest BCUT2D eigenvalue weighted by Gasteiger charge is -2.59. The van der Waals surface area contributed by atoms with E-state index in [0.717, 1.165) is 114 Å². The number of hydrogen-bond acceptors (Lipinski definition) is 31. The van der Waals surface area contributed by atoms with Crippen molar-refractivity contribution >= 4 is 0 Å². The molecule has 0 bridgehead atoms. The Kier molecular flexibility index (Phi) is 41.9. The maximum absolute atomic E-state index is 9.02. The van der Waals surface area contributed by atoms with Gasteiger partial charge in [-0.1, -0.05) is 98.6 Å². The highest BCUT2D eigenvalue weighted by Crippen LogP contribution is 2.63. The Morgan fingerprint density at radius 1 is 0.385 bits per heavy atom. The molecule has 4 atom stereocenters. The van der Waals surface area contributed by atoms with Gasteiger partial charge in [-0.2, -0.15) is 34.2 Å². The van der Waals surface area contributed by atoms with E-state index in [-0.39, 0.29) is 23.7 Å². The fraction of sp³-hybridized carbons (Fsp3) is 0.868. The van der Waals surface area contributed by atoms with Gasteiger partial charge in [0.25, 0.3) is 0 Å². The maximum Gasteiger partial charge on any atom is 0.395 e. The first-order chi connectivity index (χ1) is 55.7. The van der Waals surface area contributed by atoms with E-state index >= 15 is 0 Å². The molecule has 9 aliphatic rings. The summed E-state index contributed by atoms with van der Waals surface area (Å²) in [5.74, 6) is -5.36. The zero-order valence-electron chi connectivity index (χ0n) is 80.6. The third-order valence-corrected chi connectivity index (χ3v) is 22.3. The van der Waals surface area contributed by atoms with E-state index in [1.54, 1.807) is 6.92 Å². The Morgan fingerprint density at radius 2 is 0.762 bits per heavy atom. The molecule has 4 N–H and O–H groups in total. The summed E-state index contributed by atoms with van der Waals surface area (Å²) in [6, 6.07) is 15.2. The van der Waals surface area contributed by atoms with E-state index in [9.17, 15) is 0 Å². The number of benzene rings is 2. The van der Waals surface area contributed by atoms with Crippen LogP contribution in [0.2, 0.25) is 0 Å². The zero-order chi connectivity index (χ0) is 93.4. The van der Waals surface area contributed by atoms with Crippen LogP contribution >= 0.6 is 0 Å². The van der Waals surface area contributed by atoms with Crippen LogP contribution in [-0.4, -0.2) is 114 Å². The molecular weight excluding hydrogens is 1590 g/mol. The van der Waals surface area contributed by atoms with Gasteiger partial charge in [0, 0.05) is 97.6 Å². The molecule has 7 fully saturated rings. The van der Waals surface area contributed by atoms with Gasteiger partial charge in [0.2, 0.25) is 34.7 Å². The molecule has 0 radical (unpaired) electrons. The second-order valence-electron chi connectivity index (χ2n) is 43.1. The number of hydrogen-bond donors (Lipinski definition) is 4. The minimum atomic E-state index is -1.34. The highest BCUT2D eigenvalue weighted by molar-refractivity contribution is 5.42. The second-order valence-corrected chi connectivity index (χ2v) is 43.1. The van der Waals surface area contributed by atoms with Crippen molar-refractivity contribution in [2.24, 2.45) is 33.5 Å². The summed E-state index contributed by atoms with van der Waals surface area (Å²) in [5.41, 5.74) is 0.0845. The summed E-state index contributed by atoms with van der Waals surface area (Å²) in [6.07, 6.45) is 21.4. The number of aliphatic hydroxyl groups is 2. The molecule has 0 amide bonds. The van der Waals surface area contributed by atoms with E-state index in [1.165, 1.54) is 39.5 Å². The molecule has 4 aliphatic carbocycles. The van der Waals surface area contributed by atoms with Crippen LogP contribution in [0.5, 0.6) is 17.2 Å². The van der Waals surface area contributed by atoms with Gasteiger partial charge in [-0.3, -0.25) is 0 Å². The van der Waals surface area contributed by atoms with Crippen LogP contribution in [0, 0.1) is 53.4 Å². The zero-order valence-corrected chi connectivity index (χ0v) is 80.6. The van der Waals surface area contributed by atoms with Crippen molar-refractivity contribution in [3.8, 4) is 17.2 Å². The van der Waals surface area contributed by atoms with Gasteiger partial charge in [0.05, 0.1) is 41.5 Å². The van der Waals surface area contributed by atoms with E-state index in [0.29, 0.717) is 64.8 Å². The van der Waals surface area contributed by atoms with Crippen LogP contribution in [0.25, 0.3) is 0 Å². The molecule has 2 aromatic rings. The van der Waals surface area contributed by atoms with Crippen LogP contribution in [0.1, 0.15) is 382 Å². The van der Waals surface area contributed by atoms with Gasteiger partial charge in [0.1, 0.15) is 17.0 Å². The predicted molar refractivity (Wildman–Crippen MR) is 458 cm³/mol. The Hall–Kier alpha value is -3.92. The molecule has 5 aliphatic heterocycles. The molecule has 31 nitrogen and oxygen atoms in total. The minimum Gasteiger partial charge on any atom is -0.460 e. The summed E-state index contributed by atoms with van der Waals surface area (Å²) in [4.78, 5) is 122. The summed E-state index contributed by atoms with van der Waals surface area (Å²) < 4.78 is 27.9. The molecule has 122 heavy (non-hydrogen) atoms. The highest BCUT2D eigenvalue weighted by atomic mass is 17.3. The summed E-state index contributed by atoms with van der Waals surface area (Å²) >= 11 is 0. The standard InChI is InChI=1S/C31H60O4.C12H22O6.C12H16O4.C12H16O3.C10H20O3.C9H18O3.C5H10O4.2O2/c1-25(2,3)30(26(4,5)6)19-15-23(16-20-30)29(13,14)24-17-21-31(22-18-24,34-32-27(7,8)9)35-33-28(10,11)12;13-15-11(7-3-1-4-8-11)17-18-12(16-14)9-5-2-6-10-12;1-11(2,3)15-16-12(4)13-9-7-5-6-8-10(9)14-12;1-11(2)9-7-5-6-8-10(9)13-12(3,4)15-14-11;1-9(2,3)12-13-10(4)7-5-6-8-11-10;1-7-6-8(2,3)11-12-9(4,5)10-7;1-4(6)3-5(2,7)9-8-4;2*1-2/h23-24H,15-22H2,1-14H3;13-14H,1-10H2;5-8H,1-4H3;5-8H,1-4H3;5-8H2,1-4H3;7H,6H2,1-5H3;6-7H,3H2,1-2H3;;. The van der Waals surface area contributed by atoms with Gasteiger partial charge in [0.15, 0.2) is 23.1 Å². The predicted octanol–water partition coefficient (Wildman–Crippen LogP) is 23.6. The highest BCUT2D eigenvalue weighted by Gasteiger charge is 2.56. The Balaban J connectivity index is 0.000000382. The summed E-state index contributed by atoms with van der Waals surface area (Å²) in [5, 5.41) is 36.1. The fourth-order valence-electron chi connectivity index (χ4n) is 16.3. The molecule has 11 rings (SSSR count). The van der Waals surface area contributed by atoms with Gasteiger partial charge < -0.3 is 33.9 Å². The normalized spacial score (nSPS) is 26.3. The first-order valence-electron chi connectivity index (χ1n) is 43.7. The average molecular weight is 1750 g/mol. The van der Waals surface area contributed by atoms with Gasteiger partial charge in [-0.15, -0.1) is 4.89 Å². The Bertz CT molecular complexity index is 3160. The lowest BCUT2D eigenvalue weighted by atomic mass is 9.46. The SMILES string of the molecule is CC(C)(C)OOC1(C)CCCCO1.CC(C)(C)OOC1(C)Oc2ccccc2O1.CC(C)(C)OOC1(OOC(C)(C)C)CCC(C(C)(C)C2CCC(C(C)(C)C)(C(C)(C)C)CC2)CC1.CC1(C)OOC(C)(C)c2ccccc2O1.CC1(O)CC(C)(O)OO1.CC1CC(C)(C)OOC(C)(C)O1.O=O.O=O.OOC1(OOC2(OO)CCCCC2)CCCCC1. The Labute approximate surface area is 728 Å². The van der Waals surface area contributed by atoms with Gasteiger partial charge in [-0.05, 0) is 281 Å². The van der Waals surface area contributed by atoms with Crippen molar-refractivity contribution in [2.75, 3.05) is 6.61 Å². The molecule has 31 heteroatoms. The van der Waals surface area contributed by atoms with Crippen LogP contribution in [0.15, 0.2) is 48.5 Å². The van der Waals surface area contributed by atoms with E-state index in [4.69, 9.17) is 133 Å². The fourth-order valence-corrected chi connectivity index (χ4v) is 16.3. The van der Waals surface area contributed by atoms with Crippen molar-refractivity contribution in [1.82, 2.24) is 0 Å². The second kappa shape index (κ2) is 45.6. The third-order valence-electron chi connectivity index (χ3n) is 22.3. The topological polar surface area (TPSA) is 361 Å². The molecular formula is C91H162O31. The van der Waals surface area contributed by atoms with E-state index < -0.39 is 74.7 Å². The van der Waals surface area contributed by atoms with Crippen LogP contribution in [-0.2, 0) is 103 Å². The smallest absolute Gasteiger partial charge is 0.395 e. The van der Waals surface area contributed by atoms with Crippen molar-refractivity contribution in [2.45, 2.75) is 468 Å². The molecule has 5 heterocycles. The number of para-hydroxylation sites is 3. The van der Waals surface area contributed by atoms with Crippen LogP contribution < -0.4 is 14.2 Å². The lowest BCUT2D eigenvalue weighted by Crippen LogP contribution is -2.51. The number of fused-ring (bicyclic) bond motifs is 2. The maximum atomic E-state index is 9.02. The Morgan fingerprint density at radius 3 is 1.14 bits per heavy atom. The number of ether oxygens (including phenoxy) is 5. The molecule has 3 saturated heterocycles. The van der Waals surface area contributed by atoms with Gasteiger partial charge in [-0.25, -0.2) is 59.4 Å². The van der Waals surface area contributed by atoms with Crippen molar-refractivity contribution in [3.05, 3.63) is 74.0 Å². The number of rotatable bonds is 15. The van der Waals surface area contributed by atoms with Crippen molar-refractivity contribution in [1.29, 1.82) is 0 Å². The molecule has 4 saturated carbocycles.